The van der Waals surface area contributed by atoms with Gasteiger partial charge in [0.05, 0.1) is 19.1 Å². The molecule has 1 amide bonds. The van der Waals surface area contributed by atoms with Gasteiger partial charge in [-0.3, -0.25) is 4.79 Å². The highest BCUT2D eigenvalue weighted by molar-refractivity contribution is 5.96. The minimum Gasteiger partial charge on any atom is -0.490 e. The van der Waals surface area contributed by atoms with Gasteiger partial charge in [-0.2, -0.15) is 5.26 Å². The Kier molecular flexibility index (Phi) is 5.79. The van der Waals surface area contributed by atoms with Gasteiger partial charge in [0.25, 0.3) is 0 Å². The average molecular weight is 345 g/mol. The normalized spacial score (nSPS) is 10.3. The Hall–Kier alpha value is -3.39. The zero-order valence-corrected chi connectivity index (χ0v) is 14.3. The van der Waals surface area contributed by atoms with Gasteiger partial charge < -0.3 is 10.1 Å². The molecule has 1 aromatic heterocycles. The molecule has 0 aliphatic heterocycles. The third kappa shape index (κ3) is 4.37. The van der Waals surface area contributed by atoms with E-state index in [4.69, 9.17) is 10.00 Å². The maximum atomic E-state index is 12.5. The quantitative estimate of drug-likeness (QED) is 0.654. The Morgan fingerprint density at radius 2 is 1.96 bits per heavy atom. The van der Waals surface area contributed by atoms with Gasteiger partial charge in [-0.05, 0) is 34.9 Å². The van der Waals surface area contributed by atoms with Crippen LogP contribution in [0.25, 0.3) is 10.8 Å². The monoisotopic (exact) mass is 345 g/mol. The third-order valence-electron chi connectivity index (χ3n) is 3.95. The Labute approximate surface area is 152 Å². The molecule has 3 rings (SSSR count). The Balaban J connectivity index is 1.69. The fourth-order valence-electron chi connectivity index (χ4n) is 2.73. The van der Waals surface area contributed by atoms with Crippen LogP contribution in [0.15, 0.2) is 60.8 Å². The Morgan fingerprint density at radius 1 is 1.12 bits per heavy atom. The number of anilines is 1. The number of aromatic nitrogens is 1. The summed E-state index contributed by atoms with van der Waals surface area (Å²) in [7, 11) is 0. The molecule has 26 heavy (non-hydrogen) atoms. The summed E-state index contributed by atoms with van der Waals surface area (Å²) >= 11 is 0. The van der Waals surface area contributed by atoms with E-state index in [1.54, 1.807) is 18.3 Å². The summed E-state index contributed by atoms with van der Waals surface area (Å²) in [5.74, 6) is 0.758. The van der Waals surface area contributed by atoms with Crippen LogP contribution in [0.1, 0.15) is 18.4 Å². The zero-order chi connectivity index (χ0) is 18.2. The van der Waals surface area contributed by atoms with Crippen LogP contribution in [0.4, 0.5) is 5.82 Å². The van der Waals surface area contributed by atoms with Crippen LogP contribution in [0.5, 0.6) is 5.75 Å². The molecule has 1 N–H and O–H groups in total. The summed E-state index contributed by atoms with van der Waals surface area (Å²) in [4.78, 5) is 16.7. The van der Waals surface area contributed by atoms with Gasteiger partial charge in [-0.15, -0.1) is 0 Å². The van der Waals surface area contributed by atoms with Gasteiger partial charge in [0.2, 0.25) is 5.91 Å². The van der Waals surface area contributed by atoms with Gasteiger partial charge in [0, 0.05) is 12.6 Å². The van der Waals surface area contributed by atoms with E-state index in [9.17, 15) is 4.79 Å². The highest BCUT2D eigenvalue weighted by Crippen LogP contribution is 2.23. The van der Waals surface area contributed by atoms with E-state index in [2.05, 4.69) is 16.4 Å². The van der Waals surface area contributed by atoms with E-state index >= 15 is 0 Å². The minimum absolute atomic E-state index is 0.151. The summed E-state index contributed by atoms with van der Waals surface area (Å²) < 4.78 is 5.63. The average Bonchev–Trinajstić information content (AvgIpc) is 2.67. The summed E-state index contributed by atoms with van der Waals surface area (Å²) in [6.45, 7) is 0.408. The highest BCUT2D eigenvalue weighted by Gasteiger charge is 2.11. The molecule has 1 heterocycles. The number of rotatable bonds is 7. The van der Waals surface area contributed by atoms with Gasteiger partial charge >= 0.3 is 0 Å². The van der Waals surface area contributed by atoms with Crippen LogP contribution >= 0.6 is 0 Å². The second-order valence-corrected chi connectivity index (χ2v) is 5.82. The molecule has 3 aromatic rings. The molecule has 0 spiro atoms. The topological polar surface area (TPSA) is 75.0 Å². The molecular formula is C21H19N3O2. The lowest BCUT2D eigenvalue weighted by molar-refractivity contribution is -0.115. The smallest absolute Gasteiger partial charge is 0.230 e. The molecule has 0 aliphatic carbocycles. The molecule has 0 radical (unpaired) electrons. The molecule has 0 bridgehead atoms. The van der Waals surface area contributed by atoms with Crippen LogP contribution in [0.2, 0.25) is 0 Å². The number of hydrogen-bond donors (Lipinski definition) is 1. The van der Waals surface area contributed by atoms with Gasteiger partial charge in [0.15, 0.2) is 11.6 Å². The van der Waals surface area contributed by atoms with E-state index < -0.39 is 0 Å². The van der Waals surface area contributed by atoms with Crippen LogP contribution in [0, 0.1) is 11.3 Å². The lowest BCUT2D eigenvalue weighted by atomic mass is 10.0. The van der Waals surface area contributed by atoms with Crippen molar-refractivity contribution in [3.63, 3.8) is 0 Å². The molecule has 5 heteroatoms. The minimum atomic E-state index is -0.151. The number of pyridine rings is 1. The summed E-state index contributed by atoms with van der Waals surface area (Å²) in [6.07, 6.45) is 2.93. The SMILES string of the molecule is N#CCCCOc1cccnc1NC(=O)Cc1cccc2ccccc12. The number of nitriles is 1. The van der Waals surface area contributed by atoms with E-state index in [-0.39, 0.29) is 12.3 Å². The van der Waals surface area contributed by atoms with Gasteiger partial charge in [-0.25, -0.2) is 4.98 Å². The molecule has 0 saturated carbocycles. The van der Waals surface area contributed by atoms with Crippen LogP contribution in [0.3, 0.4) is 0 Å². The molecule has 2 aromatic carbocycles. The van der Waals surface area contributed by atoms with Gasteiger partial charge in [-0.1, -0.05) is 42.5 Å². The predicted molar refractivity (Wildman–Crippen MR) is 101 cm³/mol. The van der Waals surface area contributed by atoms with Crippen LogP contribution in [-0.4, -0.2) is 17.5 Å². The number of nitrogens with zero attached hydrogens (tertiary/aromatic N) is 2. The van der Waals surface area contributed by atoms with E-state index in [0.29, 0.717) is 31.0 Å². The Bertz CT molecular complexity index is 942. The number of carbonyl (C=O) groups excluding carboxylic acids is 1. The number of carbonyl (C=O) groups is 1. The number of unbranched alkanes of at least 4 members (excludes halogenated alkanes) is 1. The fraction of sp³-hybridized carbons (Fsp3) is 0.190. The Morgan fingerprint density at radius 3 is 2.85 bits per heavy atom. The molecule has 0 atom stereocenters. The first kappa shape index (κ1) is 17.4. The lowest BCUT2D eigenvalue weighted by Crippen LogP contribution is -2.16. The van der Waals surface area contributed by atoms with Crippen molar-refractivity contribution in [2.45, 2.75) is 19.3 Å². The molecular weight excluding hydrogens is 326 g/mol. The van der Waals surface area contributed by atoms with Gasteiger partial charge in [0.1, 0.15) is 0 Å². The molecule has 0 unspecified atom stereocenters. The number of amides is 1. The first-order chi connectivity index (χ1) is 12.8. The number of benzene rings is 2. The van der Waals surface area contributed by atoms with Crippen LogP contribution in [-0.2, 0) is 11.2 Å². The third-order valence-corrected chi connectivity index (χ3v) is 3.95. The first-order valence-electron chi connectivity index (χ1n) is 8.49. The van der Waals surface area contributed by atoms with E-state index in [1.807, 2.05) is 42.5 Å². The molecule has 0 aliphatic rings. The molecule has 0 saturated heterocycles. The predicted octanol–water partition coefficient (Wildman–Crippen LogP) is 4.10. The van der Waals surface area contributed by atoms with Crippen molar-refractivity contribution in [3.8, 4) is 11.8 Å². The van der Waals surface area contributed by atoms with E-state index in [1.165, 1.54) is 0 Å². The van der Waals surface area contributed by atoms with Crippen molar-refractivity contribution in [3.05, 3.63) is 66.4 Å². The van der Waals surface area contributed by atoms with Crippen molar-refractivity contribution in [1.82, 2.24) is 4.98 Å². The number of fused-ring (bicyclic) bond motifs is 1. The van der Waals surface area contributed by atoms with Crippen molar-refractivity contribution in [2.24, 2.45) is 0 Å². The van der Waals surface area contributed by atoms with Crippen molar-refractivity contribution >= 4 is 22.5 Å². The summed E-state index contributed by atoms with van der Waals surface area (Å²) in [5, 5.41) is 13.6. The fourth-order valence-corrected chi connectivity index (χ4v) is 2.73. The van der Waals surface area contributed by atoms with Crippen molar-refractivity contribution in [1.29, 1.82) is 5.26 Å². The largest absolute Gasteiger partial charge is 0.490 e. The van der Waals surface area contributed by atoms with E-state index in [0.717, 1.165) is 16.3 Å². The number of hydrogen-bond acceptors (Lipinski definition) is 4. The lowest BCUT2D eigenvalue weighted by Gasteiger charge is -2.11. The molecule has 5 nitrogen and oxygen atoms in total. The van der Waals surface area contributed by atoms with Crippen molar-refractivity contribution in [2.75, 3.05) is 11.9 Å². The maximum absolute atomic E-state index is 12.5. The maximum Gasteiger partial charge on any atom is 0.230 e. The standard InChI is InChI=1S/C21H19N3O2/c22-12-3-4-14-26-19-11-6-13-23-21(19)24-20(25)15-17-9-5-8-16-7-1-2-10-18(16)17/h1-2,5-11,13H,3-4,14-15H2,(H,23,24,25). The van der Waals surface area contributed by atoms with Crippen molar-refractivity contribution < 1.29 is 9.53 Å². The summed E-state index contributed by atoms with van der Waals surface area (Å²) in [6, 6.07) is 19.5. The van der Waals surface area contributed by atoms with Crippen LogP contribution < -0.4 is 10.1 Å². The molecule has 130 valence electrons. The number of nitrogens with one attached hydrogen (secondary N) is 1. The highest BCUT2D eigenvalue weighted by atomic mass is 16.5. The first-order valence-corrected chi connectivity index (χ1v) is 8.49. The second kappa shape index (κ2) is 8.63. The number of ether oxygens (including phenoxy) is 1. The second-order valence-electron chi connectivity index (χ2n) is 5.82. The molecule has 0 fully saturated rings. The summed E-state index contributed by atoms with van der Waals surface area (Å²) in [5.41, 5.74) is 0.966. The zero-order valence-electron chi connectivity index (χ0n) is 14.3.